The molecule has 1 aromatic carbocycles. The fraction of sp³-hybridized carbons (Fsp3) is 0.286. The lowest BCUT2D eigenvalue weighted by Gasteiger charge is -2.12. The molecule has 0 aliphatic rings. The van der Waals surface area contributed by atoms with E-state index in [0.29, 0.717) is 6.54 Å². The molecule has 3 aromatic rings. The first-order valence-corrected chi connectivity index (χ1v) is 6.78. The number of rotatable bonds is 5. The van der Waals surface area contributed by atoms with Crippen molar-refractivity contribution < 1.29 is 0 Å². The molecule has 1 unspecified atom stereocenters. The molecule has 3 rings (SSSR count). The van der Waals surface area contributed by atoms with E-state index in [2.05, 4.69) is 30.9 Å². The minimum absolute atomic E-state index is 0.0813. The smallest absolute Gasteiger partial charge is 0.149 e. The summed E-state index contributed by atoms with van der Waals surface area (Å²) in [5, 5.41) is 22.5. The zero-order valence-electron chi connectivity index (χ0n) is 12.0. The van der Waals surface area contributed by atoms with Gasteiger partial charge in [-0.2, -0.15) is 15.4 Å². The highest BCUT2D eigenvalue weighted by molar-refractivity contribution is 5.60. The number of hydrogen-bond donors (Lipinski definition) is 2. The largest absolute Gasteiger partial charge is 0.319 e. The van der Waals surface area contributed by atoms with Crippen molar-refractivity contribution in [2.45, 2.75) is 19.5 Å². The maximum Gasteiger partial charge on any atom is 0.149 e. The van der Waals surface area contributed by atoms with Crippen LogP contribution >= 0.6 is 0 Å². The van der Waals surface area contributed by atoms with Crippen LogP contribution in [0.15, 0.2) is 36.7 Å². The van der Waals surface area contributed by atoms with Crippen LogP contribution in [0.4, 0.5) is 0 Å². The van der Waals surface area contributed by atoms with Crippen LogP contribution in [0.2, 0.25) is 0 Å². The van der Waals surface area contributed by atoms with E-state index >= 15 is 0 Å². The van der Waals surface area contributed by atoms with Crippen molar-refractivity contribution in [3.05, 3.63) is 48.2 Å². The van der Waals surface area contributed by atoms with Gasteiger partial charge in [-0.15, -0.1) is 10.2 Å². The summed E-state index contributed by atoms with van der Waals surface area (Å²) in [5.41, 5.74) is 2.80. The fourth-order valence-electron chi connectivity index (χ4n) is 2.23. The topological polar surface area (TPSA) is 84.3 Å². The first-order chi connectivity index (χ1) is 10.3. The molecular weight excluding hydrogens is 266 g/mol. The summed E-state index contributed by atoms with van der Waals surface area (Å²) in [6.07, 6.45) is 1.69. The van der Waals surface area contributed by atoms with Gasteiger partial charge in [0.2, 0.25) is 0 Å². The molecule has 0 saturated heterocycles. The van der Waals surface area contributed by atoms with Crippen LogP contribution < -0.4 is 5.32 Å². The van der Waals surface area contributed by atoms with E-state index < -0.39 is 0 Å². The lowest BCUT2D eigenvalue weighted by atomic mass is 10.1. The second-order valence-electron chi connectivity index (χ2n) is 4.89. The number of aromatic amines is 1. The lowest BCUT2D eigenvalue weighted by Crippen LogP contribution is -2.21. The Morgan fingerprint density at radius 2 is 2.05 bits per heavy atom. The van der Waals surface area contributed by atoms with E-state index in [9.17, 15) is 0 Å². The molecule has 2 aromatic heterocycles. The maximum atomic E-state index is 4.24. The van der Waals surface area contributed by atoms with Crippen molar-refractivity contribution >= 4 is 0 Å². The van der Waals surface area contributed by atoms with E-state index in [1.165, 1.54) is 0 Å². The van der Waals surface area contributed by atoms with Gasteiger partial charge in [0.1, 0.15) is 23.5 Å². The third-order valence-electron chi connectivity index (χ3n) is 3.38. The van der Waals surface area contributed by atoms with Crippen molar-refractivity contribution in [1.82, 2.24) is 35.5 Å². The van der Waals surface area contributed by atoms with Crippen molar-refractivity contribution in [1.29, 1.82) is 0 Å². The number of aromatic nitrogens is 6. The molecule has 0 saturated carbocycles. The Kier molecular flexibility index (Phi) is 3.74. The van der Waals surface area contributed by atoms with E-state index in [-0.39, 0.29) is 6.04 Å². The summed E-state index contributed by atoms with van der Waals surface area (Å²) in [6.45, 7) is 2.65. The molecule has 2 heterocycles. The van der Waals surface area contributed by atoms with Crippen molar-refractivity contribution in [3.63, 3.8) is 0 Å². The van der Waals surface area contributed by atoms with Gasteiger partial charge in [-0.05, 0) is 6.92 Å². The van der Waals surface area contributed by atoms with E-state index in [0.717, 1.165) is 22.8 Å². The molecule has 0 spiro atoms. The number of hydrogen-bond acceptors (Lipinski definition) is 5. The molecule has 0 amide bonds. The monoisotopic (exact) mass is 283 g/mol. The first-order valence-electron chi connectivity index (χ1n) is 6.78. The van der Waals surface area contributed by atoms with Gasteiger partial charge in [-0.25, -0.2) is 0 Å². The second kappa shape index (κ2) is 5.84. The fourth-order valence-corrected chi connectivity index (χ4v) is 2.23. The molecular formula is C14H17N7. The third-order valence-corrected chi connectivity index (χ3v) is 3.38. The predicted molar refractivity (Wildman–Crippen MR) is 78.1 cm³/mol. The van der Waals surface area contributed by atoms with Crippen LogP contribution in [0.5, 0.6) is 0 Å². The van der Waals surface area contributed by atoms with Crippen LogP contribution in [0.3, 0.4) is 0 Å². The molecule has 1 atom stereocenters. The molecule has 108 valence electrons. The van der Waals surface area contributed by atoms with Gasteiger partial charge in [0.05, 0.1) is 6.04 Å². The molecule has 0 radical (unpaired) electrons. The van der Waals surface area contributed by atoms with Crippen LogP contribution in [-0.2, 0) is 13.6 Å². The van der Waals surface area contributed by atoms with E-state index in [1.807, 2.05) is 48.9 Å². The van der Waals surface area contributed by atoms with Crippen LogP contribution in [0.1, 0.15) is 24.5 Å². The zero-order chi connectivity index (χ0) is 14.7. The summed E-state index contributed by atoms with van der Waals surface area (Å²) < 4.78 is 1.90. The lowest BCUT2D eigenvalue weighted by molar-refractivity contribution is 0.523. The number of H-pyrrole nitrogens is 1. The maximum absolute atomic E-state index is 4.24. The average molecular weight is 283 g/mol. The molecule has 21 heavy (non-hydrogen) atoms. The zero-order valence-corrected chi connectivity index (χ0v) is 12.0. The van der Waals surface area contributed by atoms with Crippen LogP contribution in [-0.4, -0.2) is 30.2 Å². The summed E-state index contributed by atoms with van der Waals surface area (Å²) in [7, 11) is 1.93. The summed E-state index contributed by atoms with van der Waals surface area (Å²) in [4.78, 5) is 0. The highest BCUT2D eigenvalue weighted by Gasteiger charge is 2.14. The van der Waals surface area contributed by atoms with Gasteiger partial charge in [0.15, 0.2) is 0 Å². The third kappa shape index (κ3) is 2.82. The van der Waals surface area contributed by atoms with Gasteiger partial charge in [0.25, 0.3) is 0 Å². The minimum atomic E-state index is 0.0813. The van der Waals surface area contributed by atoms with Gasteiger partial charge in [-0.3, -0.25) is 0 Å². The predicted octanol–water partition coefficient (Wildman–Crippen LogP) is 1.45. The number of nitrogens with one attached hydrogen (secondary N) is 2. The normalized spacial score (nSPS) is 12.5. The SMILES string of the molecule is CC(NCc1n[nH]nc1-c1ccccc1)c1nncn1C. The van der Waals surface area contributed by atoms with Gasteiger partial charge in [-0.1, -0.05) is 30.3 Å². The quantitative estimate of drug-likeness (QED) is 0.740. The molecule has 0 aliphatic carbocycles. The summed E-state index contributed by atoms with van der Waals surface area (Å²) >= 11 is 0. The first kappa shape index (κ1) is 13.4. The molecule has 0 fully saturated rings. The van der Waals surface area contributed by atoms with Gasteiger partial charge in [0, 0.05) is 19.2 Å². The Labute approximate surface area is 122 Å². The number of nitrogens with zero attached hydrogens (tertiary/aromatic N) is 5. The number of benzene rings is 1. The highest BCUT2D eigenvalue weighted by atomic mass is 15.3. The van der Waals surface area contributed by atoms with Crippen LogP contribution in [0, 0.1) is 0 Å². The van der Waals surface area contributed by atoms with E-state index in [4.69, 9.17) is 0 Å². The molecule has 0 bridgehead atoms. The van der Waals surface area contributed by atoms with Gasteiger partial charge < -0.3 is 9.88 Å². The Hall–Kier alpha value is -2.54. The molecule has 0 aliphatic heterocycles. The van der Waals surface area contributed by atoms with Crippen molar-refractivity contribution in [2.24, 2.45) is 7.05 Å². The Morgan fingerprint density at radius 3 is 2.76 bits per heavy atom. The highest BCUT2D eigenvalue weighted by Crippen LogP contribution is 2.19. The molecule has 2 N–H and O–H groups in total. The standard InChI is InChI=1S/C14H17N7/c1-10(14-19-16-9-21(14)2)15-8-12-13(18-20-17-12)11-6-4-3-5-7-11/h3-7,9-10,15H,8H2,1-2H3,(H,17,18,20). The summed E-state index contributed by atoms with van der Waals surface area (Å²) in [6, 6.07) is 10.1. The molecule has 7 nitrogen and oxygen atoms in total. The molecule has 7 heteroatoms. The van der Waals surface area contributed by atoms with Crippen molar-refractivity contribution in [3.8, 4) is 11.3 Å². The average Bonchev–Trinajstić information content (AvgIpc) is 3.14. The second-order valence-corrected chi connectivity index (χ2v) is 4.89. The van der Waals surface area contributed by atoms with E-state index in [1.54, 1.807) is 6.33 Å². The Balaban J connectivity index is 1.72. The van der Waals surface area contributed by atoms with Crippen LogP contribution in [0.25, 0.3) is 11.3 Å². The Bertz CT molecular complexity index is 701. The van der Waals surface area contributed by atoms with Gasteiger partial charge >= 0.3 is 0 Å². The minimum Gasteiger partial charge on any atom is -0.319 e. The Morgan fingerprint density at radius 1 is 1.24 bits per heavy atom. The number of aryl methyl sites for hydroxylation is 1. The van der Waals surface area contributed by atoms with Crippen molar-refractivity contribution in [2.75, 3.05) is 0 Å². The summed E-state index contributed by atoms with van der Waals surface area (Å²) in [5.74, 6) is 0.889.